The van der Waals surface area contributed by atoms with E-state index in [-0.39, 0.29) is 0 Å². The van der Waals surface area contributed by atoms with E-state index in [4.69, 9.17) is 0 Å². The van der Waals surface area contributed by atoms with Gasteiger partial charge in [0.2, 0.25) is 0 Å². The van der Waals surface area contributed by atoms with Gasteiger partial charge in [-0.3, -0.25) is 5.10 Å². The van der Waals surface area contributed by atoms with Gasteiger partial charge in [-0.05, 0) is 19.1 Å². The third-order valence-corrected chi connectivity index (χ3v) is 3.90. The summed E-state index contributed by atoms with van der Waals surface area (Å²) in [4.78, 5) is 4.59. The number of aromatic amines is 1. The van der Waals surface area contributed by atoms with Gasteiger partial charge in [0.15, 0.2) is 0 Å². The van der Waals surface area contributed by atoms with E-state index in [1.165, 1.54) is 10.3 Å². The molecular formula is C13H14N4S. The number of aromatic nitrogens is 3. The van der Waals surface area contributed by atoms with Gasteiger partial charge < -0.3 is 5.32 Å². The van der Waals surface area contributed by atoms with Crippen LogP contribution in [0.15, 0.2) is 30.5 Å². The monoisotopic (exact) mass is 258 g/mol. The molecule has 92 valence electrons. The molecule has 3 rings (SSSR count). The minimum absolute atomic E-state index is 0.796. The highest BCUT2D eigenvalue weighted by molar-refractivity contribution is 7.18. The molecule has 2 aromatic heterocycles. The van der Waals surface area contributed by atoms with E-state index < -0.39 is 0 Å². The van der Waals surface area contributed by atoms with Crippen molar-refractivity contribution in [2.75, 3.05) is 0 Å². The molecule has 0 aliphatic carbocycles. The Morgan fingerprint density at radius 3 is 2.94 bits per heavy atom. The maximum absolute atomic E-state index is 4.59. The predicted molar refractivity (Wildman–Crippen MR) is 73.5 cm³/mol. The Balaban J connectivity index is 1.65. The Kier molecular flexibility index (Phi) is 3.08. The molecule has 18 heavy (non-hydrogen) atoms. The van der Waals surface area contributed by atoms with Gasteiger partial charge in [0.1, 0.15) is 5.01 Å². The lowest BCUT2D eigenvalue weighted by Gasteiger charge is -2.00. The smallest absolute Gasteiger partial charge is 0.108 e. The van der Waals surface area contributed by atoms with E-state index in [1.54, 1.807) is 11.3 Å². The van der Waals surface area contributed by atoms with E-state index in [1.807, 2.05) is 25.3 Å². The SMILES string of the molecule is Cc1[nH]ncc1CNCc1nc2ccccc2s1. The first-order valence-electron chi connectivity index (χ1n) is 5.87. The minimum atomic E-state index is 0.796. The van der Waals surface area contributed by atoms with E-state index in [9.17, 15) is 0 Å². The van der Waals surface area contributed by atoms with Crippen LogP contribution < -0.4 is 5.32 Å². The van der Waals surface area contributed by atoms with Crippen molar-refractivity contribution in [3.05, 3.63) is 46.7 Å². The first-order valence-corrected chi connectivity index (χ1v) is 6.68. The number of fused-ring (bicyclic) bond motifs is 1. The number of rotatable bonds is 4. The summed E-state index contributed by atoms with van der Waals surface area (Å²) in [5, 5.41) is 11.5. The van der Waals surface area contributed by atoms with Gasteiger partial charge in [0.05, 0.1) is 16.4 Å². The zero-order valence-corrected chi connectivity index (χ0v) is 10.9. The van der Waals surface area contributed by atoms with Gasteiger partial charge in [-0.1, -0.05) is 12.1 Å². The molecular weight excluding hydrogens is 244 g/mol. The second-order valence-corrected chi connectivity index (χ2v) is 5.31. The summed E-state index contributed by atoms with van der Waals surface area (Å²) in [7, 11) is 0. The Morgan fingerprint density at radius 2 is 2.17 bits per heavy atom. The lowest BCUT2D eigenvalue weighted by atomic mass is 10.3. The van der Waals surface area contributed by atoms with Crippen LogP contribution in [0.1, 0.15) is 16.3 Å². The average Bonchev–Trinajstić information content (AvgIpc) is 2.96. The van der Waals surface area contributed by atoms with Crippen molar-refractivity contribution in [2.24, 2.45) is 0 Å². The molecule has 0 aliphatic rings. The molecule has 1 aromatic carbocycles. The molecule has 0 unspecified atom stereocenters. The Hall–Kier alpha value is -1.72. The number of thiazole rings is 1. The normalized spacial score (nSPS) is 11.2. The highest BCUT2D eigenvalue weighted by atomic mass is 32.1. The van der Waals surface area contributed by atoms with Crippen molar-refractivity contribution in [3.8, 4) is 0 Å². The molecule has 5 heteroatoms. The van der Waals surface area contributed by atoms with E-state index in [0.29, 0.717) is 0 Å². The Bertz CT molecular complexity index is 623. The molecule has 3 aromatic rings. The zero-order chi connectivity index (χ0) is 12.4. The van der Waals surface area contributed by atoms with Crippen molar-refractivity contribution in [2.45, 2.75) is 20.0 Å². The lowest BCUT2D eigenvalue weighted by molar-refractivity contribution is 0.688. The van der Waals surface area contributed by atoms with Crippen molar-refractivity contribution in [3.63, 3.8) is 0 Å². The van der Waals surface area contributed by atoms with Crippen LogP contribution >= 0.6 is 11.3 Å². The minimum Gasteiger partial charge on any atom is -0.306 e. The highest BCUT2D eigenvalue weighted by Crippen LogP contribution is 2.21. The van der Waals surface area contributed by atoms with Crippen LogP contribution in [0.25, 0.3) is 10.2 Å². The molecule has 0 amide bonds. The number of para-hydroxylation sites is 1. The third kappa shape index (κ3) is 2.27. The summed E-state index contributed by atoms with van der Waals surface area (Å²) in [6.45, 7) is 3.64. The fourth-order valence-electron chi connectivity index (χ4n) is 1.85. The van der Waals surface area contributed by atoms with Crippen LogP contribution in [-0.4, -0.2) is 15.2 Å². The number of nitrogens with one attached hydrogen (secondary N) is 2. The topological polar surface area (TPSA) is 53.6 Å². The number of H-pyrrole nitrogens is 1. The van der Waals surface area contributed by atoms with Gasteiger partial charge in [0, 0.05) is 24.3 Å². The lowest BCUT2D eigenvalue weighted by Crippen LogP contribution is -2.12. The fourth-order valence-corrected chi connectivity index (χ4v) is 2.79. The summed E-state index contributed by atoms with van der Waals surface area (Å²) in [5.41, 5.74) is 3.40. The molecule has 0 saturated carbocycles. The second-order valence-electron chi connectivity index (χ2n) is 4.20. The molecule has 0 bridgehead atoms. The van der Waals surface area contributed by atoms with Crippen molar-refractivity contribution in [1.82, 2.24) is 20.5 Å². The summed E-state index contributed by atoms with van der Waals surface area (Å²) in [6, 6.07) is 8.23. The predicted octanol–water partition coefficient (Wildman–Crippen LogP) is 2.62. The standard InChI is InChI=1S/C13H14N4S/c1-9-10(7-15-17-9)6-14-8-13-16-11-4-2-3-5-12(11)18-13/h2-5,7,14H,6,8H2,1H3,(H,15,17). The summed E-state index contributed by atoms with van der Waals surface area (Å²) in [6.07, 6.45) is 1.86. The van der Waals surface area contributed by atoms with Crippen LogP contribution in [0.5, 0.6) is 0 Å². The van der Waals surface area contributed by atoms with Gasteiger partial charge in [-0.15, -0.1) is 11.3 Å². The average molecular weight is 258 g/mol. The second kappa shape index (κ2) is 4.88. The van der Waals surface area contributed by atoms with E-state index in [0.717, 1.165) is 29.3 Å². The largest absolute Gasteiger partial charge is 0.306 e. The number of benzene rings is 1. The number of nitrogens with zero attached hydrogens (tertiary/aromatic N) is 2. The molecule has 2 heterocycles. The zero-order valence-electron chi connectivity index (χ0n) is 10.1. The van der Waals surface area contributed by atoms with Crippen LogP contribution in [-0.2, 0) is 13.1 Å². The van der Waals surface area contributed by atoms with Gasteiger partial charge in [-0.2, -0.15) is 5.10 Å². The van der Waals surface area contributed by atoms with Gasteiger partial charge in [0.25, 0.3) is 0 Å². The van der Waals surface area contributed by atoms with E-state index in [2.05, 4.69) is 32.6 Å². The quantitative estimate of drug-likeness (QED) is 0.756. The van der Waals surface area contributed by atoms with E-state index >= 15 is 0 Å². The molecule has 2 N–H and O–H groups in total. The number of hydrogen-bond donors (Lipinski definition) is 2. The molecule has 0 saturated heterocycles. The third-order valence-electron chi connectivity index (χ3n) is 2.86. The van der Waals surface area contributed by atoms with Crippen molar-refractivity contribution in [1.29, 1.82) is 0 Å². The number of aryl methyl sites for hydroxylation is 1. The first kappa shape index (κ1) is 11.4. The van der Waals surface area contributed by atoms with Crippen LogP contribution in [0, 0.1) is 6.92 Å². The first-order chi connectivity index (χ1) is 8.83. The van der Waals surface area contributed by atoms with Gasteiger partial charge >= 0.3 is 0 Å². The highest BCUT2D eigenvalue weighted by Gasteiger charge is 2.03. The molecule has 0 atom stereocenters. The number of hydrogen-bond acceptors (Lipinski definition) is 4. The maximum Gasteiger partial charge on any atom is 0.108 e. The molecule has 0 spiro atoms. The summed E-state index contributed by atoms with van der Waals surface area (Å²) < 4.78 is 1.24. The molecule has 0 fully saturated rings. The summed E-state index contributed by atoms with van der Waals surface area (Å²) >= 11 is 1.74. The van der Waals surface area contributed by atoms with Crippen molar-refractivity contribution >= 4 is 21.6 Å². The van der Waals surface area contributed by atoms with Crippen LogP contribution in [0.3, 0.4) is 0 Å². The Labute approximate surface area is 109 Å². The van der Waals surface area contributed by atoms with Gasteiger partial charge in [-0.25, -0.2) is 4.98 Å². The molecule has 4 nitrogen and oxygen atoms in total. The molecule has 0 aliphatic heterocycles. The van der Waals surface area contributed by atoms with Crippen LogP contribution in [0.2, 0.25) is 0 Å². The van der Waals surface area contributed by atoms with Crippen molar-refractivity contribution < 1.29 is 0 Å². The maximum atomic E-state index is 4.59. The van der Waals surface area contributed by atoms with Crippen LogP contribution in [0.4, 0.5) is 0 Å². The Morgan fingerprint density at radius 1 is 1.28 bits per heavy atom. The summed E-state index contributed by atoms with van der Waals surface area (Å²) in [5.74, 6) is 0. The molecule has 0 radical (unpaired) electrons. The fraction of sp³-hybridized carbons (Fsp3) is 0.231.